The van der Waals surface area contributed by atoms with E-state index in [0.717, 1.165) is 44.7 Å². The number of anilines is 3. The number of nitrogens with zero attached hydrogens (tertiary/aromatic N) is 5. The van der Waals surface area contributed by atoms with E-state index in [2.05, 4.69) is 73.9 Å². The van der Waals surface area contributed by atoms with E-state index in [9.17, 15) is 5.48 Å². The van der Waals surface area contributed by atoms with Crippen LogP contribution in [0.3, 0.4) is 0 Å². The van der Waals surface area contributed by atoms with E-state index >= 15 is 0 Å². The van der Waals surface area contributed by atoms with Crippen LogP contribution in [0.2, 0.25) is 0 Å². The summed E-state index contributed by atoms with van der Waals surface area (Å²) in [5, 5.41) is 2.15. The molecule has 0 spiro atoms. The summed E-state index contributed by atoms with van der Waals surface area (Å²) >= 11 is 0. The maximum absolute atomic E-state index is 9.59. The van der Waals surface area contributed by atoms with Gasteiger partial charge in [0.1, 0.15) is 5.82 Å². The van der Waals surface area contributed by atoms with Gasteiger partial charge in [-0.1, -0.05) is 122 Å². The van der Waals surface area contributed by atoms with E-state index in [1.165, 1.54) is 5.56 Å². The van der Waals surface area contributed by atoms with Crippen LogP contribution in [0, 0.1) is 29.6 Å². The Labute approximate surface area is 376 Å². The minimum absolute atomic E-state index is 0. The first-order valence-corrected chi connectivity index (χ1v) is 20.4. The summed E-state index contributed by atoms with van der Waals surface area (Å²) in [7, 11) is 0. The molecule has 4 aromatic carbocycles. The Balaban J connectivity index is 0.00000560. The van der Waals surface area contributed by atoms with Gasteiger partial charge in [-0.05, 0) is 87.6 Å². The predicted molar refractivity (Wildman–Crippen MR) is 246 cm³/mol. The van der Waals surface area contributed by atoms with Gasteiger partial charge in [0.2, 0.25) is 0 Å². The molecule has 3 aliphatic heterocycles. The Bertz CT molecular complexity index is 2920. The number of hydrogen-bond donors (Lipinski definition) is 0. The smallest absolute Gasteiger partial charge is 0.313 e. The fourth-order valence-corrected chi connectivity index (χ4v) is 8.01. The topological polar surface area (TPSA) is 36.8 Å². The molecule has 0 N–H and O–H groups in total. The van der Waals surface area contributed by atoms with Gasteiger partial charge in [-0.2, -0.15) is 12.1 Å². The normalized spacial score (nSPS) is 16.9. The number of pyridine rings is 1. The van der Waals surface area contributed by atoms with E-state index in [4.69, 9.17) is 9.72 Å². The third kappa shape index (κ3) is 8.14. The molecular weight excluding hydrogens is 916 g/mol. The Kier molecular flexibility index (Phi) is 9.54. The van der Waals surface area contributed by atoms with Gasteiger partial charge in [-0.3, -0.25) is 0 Å². The molecule has 60 heavy (non-hydrogen) atoms. The van der Waals surface area contributed by atoms with Crippen molar-refractivity contribution in [2.75, 3.05) is 9.80 Å². The molecule has 2 aromatic heterocycles. The van der Waals surface area contributed by atoms with Crippen molar-refractivity contribution in [1.29, 1.82) is 0 Å². The van der Waals surface area contributed by atoms with Gasteiger partial charge in [-0.15, -0.1) is 48.1 Å². The van der Waals surface area contributed by atoms with Crippen molar-refractivity contribution in [3.8, 4) is 17.3 Å². The molecule has 0 atom stereocenters. The van der Waals surface area contributed by atoms with Crippen LogP contribution in [-0.4, -0.2) is 21.2 Å². The van der Waals surface area contributed by atoms with Gasteiger partial charge >= 0.3 is 6.85 Å². The van der Waals surface area contributed by atoms with E-state index < -0.39 is 23.6 Å². The SMILES string of the molecule is [2H]C([2H])(C1=CN2B(C=C1)C=CC(C([2H])([2H])C(C)(C)C)=C2N1[CH-]N(c2[c-]c(Oc3[c-]c4c(cc3)c3ccccc3n4-c3cc(C(C)(C)C)ccn3)ccc2)c2ccccc21)C(C)(C)C.[Pt]. The molecule has 3 aliphatic rings. The molecule has 0 fully saturated rings. The number of rotatable bonds is 7. The predicted octanol–water partition coefficient (Wildman–Crippen LogP) is 13.4. The van der Waals surface area contributed by atoms with Gasteiger partial charge in [0.05, 0.1) is 5.82 Å². The average molecular weight is 974 g/mol. The Morgan fingerprint density at radius 2 is 1.43 bits per heavy atom. The zero-order chi connectivity index (χ0) is 44.9. The number of benzene rings is 4. The molecule has 0 bridgehead atoms. The van der Waals surface area contributed by atoms with Crippen LogP contribution in [0.1, 0.15) is 86.1 Å². The third-order valence-corrected chi connectivity index (χ3v) is 10.5. The Morgan fingerprint density at radius 3 is 2.18 bits per heavy atom. The summed E-state index contributed by atoms with van der Waals surface area (Å²) in [6.45, 7) is 19.8. The number of para-hydroxylation sites is 3. The van der Waals surface area contributed by atoms with Gasteiger partial charge in [0.15, 0.2) is 0 Å². The molecule has 8 heteroatoms. The molecule has 0 saturated carbocycles. The number of fused-ring (bicyclic) bond motifs is 5. The van der Waals surface area contributed by atoms with Crippen LogP contribution >= 0.6 is 0 Å². The van der Waals surface area contributed by atoms with Crippen molar-refractivity contribution >= 4 is 45.7 Å². The summed E-state index contributed by atoms with van der Waals surface area (Å²) in [4.78, 5) is 10.9. The molecule has 0 aliphatic carbocycles. The Morgan fingerprint density at radius 1 is 0.733 bits per heavy atom. The van der Waals surface area contributed by atoms with Crippen molar-refractivity contribution in [2.45, 2.75) is 80.5 Å². The molecular formula is C52H53BN5OPt-3. The maximum Gasteiger partial charge on any atom is 0.313 e. The summed E-state index contributed by atoms with van der Waals surface area (Å²) in [6, 6.07) is 37.6. The van der Waals surface area contributed by atoms with Crippen LogP contribution in [0.15, 0.2) is 144 Å². The fourth-order valence-electron chi connectivity index (χ4n) is 8.01. The van der Waals surface area contributed by atoms with E-state index in [-0.39, 0.29) is 33.3 Å². The van der Waals surface area contributed by atoms with E-state index in [0.29, 0.717) is 28.5 Å². The van der Waals surface area contributed by atoms with Gasteiger partial charge in [0.25, 0.3) is 0 Å². The quantitative estimate of drug-likeness (QED) is 0.118. The summed E-state index contributed by atoms with van der Waals surface area (Å²) in [5.74, 6) is 6.48. The first-order valence-electron chi connectivity index (χ1n) is 22.4. The van der Waals surface area contributed by atoms with E-state index in [1.54, 1.807) is 0 Å². The van der Waals surface area contributed by atoms with Crippen molar-refractivity contribution < 1.29 is 31.3 Å². The standard InChI is InChI=1S/C52H53BN5O.Pt/c1-50(2,3)32-36-23-26-53-27-24-37(33-51(4,5)6)49(57(53)34-36)56-35-55(45-19-12-13-20-46(45)56)39-15-14-16-40(30-39)59-41-21-22-43-42-17-10-11-18-44(42)58(47(43)31-41)48-29-38(25-28-54-48)52(7,8)9;/h10-29,34-35H,32-33H2,1-9H3;/q-3;/i32D2,33D2;. The summed E-state index contributed by atoms with van der Waals surface area (Å²) < 4.78 is 46.3. The molecule has 0 radical (unpaired) electrons. The van der Waals surface area contributed by atoms with Gasteiger partial charge in [-0.25, -0.2) is 4.98 Å². The molecule has 5 heterocycles. The second-order valence-corrected chi connectivity index (χ2v) is 18.6. The first-order chi connectivity index (χ1) is 29.6. The molecule has 0 amide bonds. The Hall–Kier alpha value is -5.26. The van der Waals surface area contributed by atoms with Crippen molar-refractivity contribution in [3.05, 3.63) is 169 Å². The summed E-state index contributed by atoms with van der Waals surface area (Å²) in [6.07, 6.45) is 4.10. The number of hydrogen-bond acceptors (Lipinski definition) is 5. The molecule has 0 saturated heterocycles. The van der Waals surface area contributed by atoms with Crippen LogP contribution in [0.5, 0.6) is 11.5 Å². The minimum atomic E-state index is -1.77. The second kappa shape index (κ2) is 15.6. The van der Waals surface area contributed by atoms with Crippen molar-refractivity contribution in [1.82, 2.24) is 14.4 Å². The molecule has 9 rings (SSSR count). The van der Waals surface area contributed by atoms with Crippen LogP contribution in [-0.2, 0) is 26.5 Å². The zero-order valence-electron chi connectivity index (χ0n) is 39.7. The molecule has 308 valence electrons. The van der Waals surface area contributed by atoms with Gasteiger partial charge in [0, 0.05) is 61.1 Å². The molecule has 6 aromatic rings. The number of aromatic nitrogens is 2. The molecule has 6 nitrogen and oxygen atoms in total. The second-order valence-electron chi connectivity index (χ2n) is 18.6. The van der Waals surface area contributed by atoms with E-state index in [1.807, 2.05) is 154 Å². The van der Waals surface area contributed by atoms with Crippen molar-refractivity contribution in [2.24, 2.45) is 10.8 Å². The van der Waals surface area contributed by atoms with Crippen LogP contribution in [0.4, 0.5) is 17.1 Å². The summed E-state index contributed by atoms with van der Waals surface area (Å²) in [5.41, 5.74) is 5.08. The molecule has 0 unspecified atom stereocenters. The monoisotopic (exact) mass is 973 g/mol. The maximum atomic E-state index is 9.59. The number of ether oxygens (including phenoxy) is 1. The van der Waals surface area contributed by atoms with Crippen LogP contribution in [0.25, 0.3) is 27.6 Å². The van der Waals surface area contributed by atoms with Crippen LogP contribution < -0.4 is 14.5 Å². The minimum Gasteiger partial charge on any atom is -0.509 e. The third-order valence-electron chi connectivity index (χ3n) is 10.5. The zero-order valence-corrected chi connectivity index (χ0v) is 38.0. The largest absolute Gasteiger partial charge is 0.509 e. The van der Waals surface area contributed by atoms with Gasteiger partial charge < -0.3 is 23.9 Å². The van der Waals surface area contributed by atoms with Crippen molar-refractivity contribution in [3.63, 3.8) is 0 Å². The average Bonchev–Trinajstić information content (AvgIpc) is 3.78. The number of allylic oxidation sites excluding steroid dienone is 4. The fraction of sp³-hybridized carbons (Fsp3) is 0.269. The first kappa shape index (κ1) is 36.6.